The monoisotopic (exact) mass is 370 g/mol. The molecule has 0 aliphatic carbocycles. The van der Waals surface area contributed by atoms with Crippen LogP contribution in [-0.4, -0.2) is 140 Å². The summed E-state index contributed by atoms with van der Waals surface area (Å²) in [7, 11) is 0. The molecule has 0 bridgehead atoms. The predicted octanol–water partition coefficient (Wildman–Crippen LogP) is -8.76. The van der Waals surface area contributed by atoms with Gasteiger partial charge in [0.2, 0.25) is 0 Å². The molecule has 0 fully saturated rings. The average molecular weight is 370 g/mol. The van der Waals surface area contributed by atoms with Crippen LogP contribution >= 0.6 is 0 Å². The van der Waals surface area contributed by atoms with Gasteiger partial charge in [0, 0.05) is 0 Å². The van der Waals surface area contributed by atoms with Gasteiger partial charge < -0.3 is 60.7 Å². The van der Waals surface area contributed by atoms with Gasteiger partial charge in [-0.15, -0.1) is 0 Å². The van der Waals surface area contributed by atoms with Gasteiger partial charge in [-0.05, 0) is 0 Å². The van der Waals surface area contributed by atoms with Gasteiger partial charge in [-0.2, -0.15) is 0 Å². The number of aliphatic hydroxyl groups excluding tert-OH is 8. The van der Waals surface area contributed by atoms with Crippen LogP contribution in [0.2, 0.25) is 0 Å². The molecule has 0 saturated carbocycles. The second-order valence-corrected chi connectivity index (χ2v) is 4.01. The third-order valence-corrected chi connectivity index (χ3v) is 2.29. The van der Waals surface area contributed by atoms with E-state index in [4.69, 9.17) is 40.9 Å². The number of aliphatic hydroxyl groups is 8. The average Bonchev–Trinajstić information content (AvgIpc) is 2.50. The molecule has 0 amide bonds. The molecule has 0 aromatic carbocycles. The Bertz CT molecular complexity index is 308. The topological polar surface area (TPSA) is 242 Å². The van der Waals surface area contributed by atoms with Crippen molar-refractivity contribution in [3.8, 4) is 0 Å². The number of aliphatic carboxylic acids is 2. The summed E-state index contributed by atoms with van der Waals surface area (Å²) in [6.45, 7) is -1.66. The zero-order valence-corrected chi connectivity index (χ0v) is 14.0. The van der Waals surface area contributed by atoms with Crippen LogP contribution in [0, 0.1) is 0 Å². The van der Waals surface area contributed by atoms with Gasteiger partial charge in [0.1, 0.15) is 36.6 Å². The number of carboxylic acids is 2. The van der Waals surface area contributed by atoms with Crippen molar-refractivity contribution in [3.05, 3.63) is 0 Å². The molecule has 23 heavy (non-hydrogen) atoms. The second-order valence-electron chi connectivity index (χ2n) is 4.01. The van der Waals surface area contributed by atoms with Gasteiger partial charge in [0.05, 0.1) is 25.2 Å². The van der Waals surface area contributed by atoms with Crippen LogP contribution in [0.1, 0.15) is 0 Å². The van der Waals surface area contributed by atoms with E-state index in [1.807, 2.05) is 0 Å². The molecule has 12 nitrogen and oxygen atoms in total. The number of hydrogen-bond acceptors (Lipinski definition) is 12. The molecule has 8 N–H and O–H groups in total. The molecule has 132 valence electrons. The summed E-state index contributed by atoms with van der Waals surface area (Å²) in [6.07, 6.45) is -11.6. The van der Waals surface area contributed by atoms with Crippen LogP contribution in [-0.2, 0) is 9.59 Å². The zero-order chi connectivity index (χ0) is 18.0. The number of hydrogen-bond donors (Lipinski definition) is 8. The largest absolute Gasteiger partial charge is 2.00 e. The van der Waals surface area contributed by atoms with E-state index >= 15 is 0 Å². The summed E-state index contributed by atoms with van der Waals surface area (Å²) in [5.74, 6) is -3.80. The molecule has 0 aliphatic rings. The molecule has 0 spiro atoms. The summed E-state index contributed by atoms with van der Waals surface area (Å²) >= 11 is 0. The zero-order valence-electron chi connectivity index (χ0n) is 11.8. The van der Waals surface area contributed by atoms with Crippen molar-refractivity contribution in [2.75, 3.05) is 13.2 Å². The SMILES string of the molecule is O=C([O-])[C@H](O)[C@H](O)[C@H](O)CO.O=C([O-])[C@H](O)[C@H](O)[C@H](O)CO.[Ca+2]. The van der Waals surface area contributed by atoms with Crippen LogP contribution in [0.25, 0.3) is 0 Å². The molecule has 0 aromatic heterocycles. The number of carbonyl (C=O) groups excluding carboxylic acids is 2. The van der Waals surface area contributed by atoms with E-state index < -0.39 is 61.8 Å². The van der Waals surface area contributed by atoms with Crippen LogP contribution in [0.5, 0.6) is 0 Å². The van der Waals surface area contributed by atoms with Gasteiger partial charge in [0.25, 0.3) is 0 Å². The molecule has 0 saturated heterocycles. The Morgan fingerprint density at radius 3 is 1.04 bits per heavy atom. The maximum atomic E-state index is 9.85. The molecule has 0 radical (unpaired) electrons. The van der Waals surface area contributed by atoms with Crippen molar-refractivity contribution in [3.63, 3.8) is 0 Å². The number of carboxylic acid groups (broad SMARTS) is 2. The molecule has 13 heteroatoms. The summed E-state index contributed by atoms with van der Waals surface area (Å²) in [4.78, 5) is 19.7. The smallest absolute Gasteiger partial charge is 0.547 e. The molecule has 0 unspecified atom stereocenters. The second kappa shape index (κ2) is 14.2. The van der Waals surface area contributed by atoms with E-state index in [1.165, 1.54) is 0 Å². The van der Waals surface area contributed by atoms with Gasteiger partial charge in [-0.3, -0.25) is 0 Å². The Kier molecular flexibility index (Phi) is 17.2. The van der Waals surface area contributed by atoms with Crippen molar-refractivity contribution in [1.29, 1.82) is 0 Å². The van der Waals surface area contributed by atoms with Gasteiger partial charge in [0.15, 0.2) is 0 Å². The van der Waals surface area contributed by atoms with Crippen molar-refractivity contribution in [2.45, 2.75) is 36.6 Å². The van der Waals surface area contributed by atoms with E-state index in [-0.39, 0.29) is 37.7 Å². The van der Waals surface area contributed by atoms with Crippen molar-refractivity contribution < 1.29 is 60.7 Å². The van der Waals surface area contributed by atoms with Crippen molar-refractivity contribution >= 4 is 49.7 Å². The van der Waals surface area contributed by atoms with Gasteiger partial charge >= 0.3 is 37.7 Å². The fraction of sp³-hybridized carbons (Fsp3) is 0.800. The van der Waals surface area contributed by atoms with E-state index in [1.54, 1.807) is 0 Å². The first-order valence-electron chi connectivity index (χ1n) is 5.73. The van der Waals surface area contributed by atoms with Crippen molar-refractivity contribution in [2.24, 2.45) is 0 Å². The van der Waals surface area contributed by atoms with Crippen LogP contribution < -0.4 is 10.2 Å². The molecule has 6 atom stereocenters. The number of carbonyl (C=O) groups is 2. The van der Waals surface area contributed by atoms with Crippen LogP contribution in [0.4, 0.5) is 0 Å². The minimum absolute atomic E-state index is 0. The van der Waals surface area contributed by atoms with E-state index in [2.05, 4.69) is 0 Å². The molecular formula is C10H18CaO12. The normalized spacial score (nSPS) is 18.1. The van der Waals surface area contributed by atoms with E-state index in [0.717, 1.165) is 0 Å². The third kappa shape index (κ3) is 11.1. The minimum atomic E-state index is -2.18. The molecule has 0 heterocycles. The Morgan fingerprint density at radius 1 is 0.696 bits per heavy atom. The third-order valence-electron chi connectivity index (χ3n) is 2.29. The quantitative estimate of drug-likeness (QED) is 0.186. The Balaban J connectivity index is -0.000000333. The Labute approximate surface area is 159 Å². The maximum absolute atomic E-state index is 9.85. The summed E-state index contributed by atoms with van der Waals surface area (Å²) in [5.41, 5.74) is 0. The van der Waals surface area contributed by atoms with E-state index in [9.17, 15) is 19.8 Å². The van der Waals surface area contributed by atoms with Gasteiger partial charge in [-0.1, -0.05) is 0 Å². The molecule has 0 aromatic rings. The fourth-order valence-corrected chi connectivity index (χ4v) is 0.916. The van der Waals surface area contributed by atoms with Crippen molar-refractivity contribution in [1.82, 2.24) is 0 Å². The molecule has 0 rings (SSSR count). The first-order chi connectivity index (χ1) is 10.0. The standard InChI is InChI=1S/2C5H10O6.Ca/c2*6-1-2(7)3(8)4(9)5(10)11;/h2*2-4,6-9H,1H2,(H,10,11);/q;;+2/p-2/t2*2-,3-,4-;/m11./s1. The summed E-state index contributed by atoms with van der Waals surface area (Å²) < 4.78 is 0. The predicted molar refractivity (Wildman–Crippen MR) is 66.0 cm³/mol. The van der Waals surface area contributed by atoms with Crippen LogP contribution in [0.15, 0.2) is 0 Å². The Hall–Kier alpha value is -0.120. The number of rotatable bonds is 8. The molecular weight excluding hydrogens is 352 g/mol. The van der Waals surface area contributed by atoms with Gasteiger partial charge in [-0.25, -0.2) is 0 Å². The van der Waals surface area contributed by atoms with E-state index in [0.29, 0.717) is 0 Å². The fourth-order valence-electron chi connectivity index (χ4n) is 0.916. The maximum Gasteiger partial charge on any atom is 2.00 e. The van der Waals surface area contributed by atoms with Crippen LogP contribution in [0.3, 0.4) is 0 Å². The minimum Gasteiger partial charge on any atom is -0.547 e. The summed E-state index contributed by atoms with van der Waals surface area (Å²) in [6, 6.07) is 0. The first kappa shape index (κ1) is 27.7. The summed E-state index contributed by atoms with van der Waals surface area (Å²) in [5, 5.41) is 87.7. The first-order valence-corrected chi connectivity index (χ1v) is 5.73. The molecule has 0 aliphatic heterocycles. The Morgan fingerprint density at radius 2 is 0.913 bits per heavy atom.